The quantitative estimate of drug-likeness (QED) is 0.625. The first-order valence-electron chi connectivity index (χ1n) is 8.77. The van der Waals surface area contributed by atoms with Crippen molar-refractivity contribution in [3.63, 3.8) is 0 Å². The van der Waals surface area contributed by atoms with Gasteiger partial charge in [0.2, 0.25) is 6.79 Å². The third-order valence-corrected chi connectivity index (χ3v) is 4.23. The first-order valence-corrected chi connectivity index (χ1v) is 8.77. The van der Waals surface area contributed by atoms with Gasteiger partial charge in [0, 0.05) is 12.8 Å². The fourth-order valence-corrected chi connectivity index (χ4v) is 2.83. The Morgan fingerprint density at radius 3 is 2.78 bits per heavy atom. The number of aryl methyl sites for hydroxylation is 1. The molecule has 0 aromatic heterocycles. The van der Waals surface area contributed by atoms with Gasteiger partial charge in [-0.25, -0.2) is 0 Å². The van der Waals surface area contributed by atoms with Crippen molar-refractivity contribution in [2.24, 2.45) is 0 Å². The molecule has 0 saturated heterocycles. The lowest BCUT2D eigenvalue weighted by atomic mass is 10.0. The van der Waals surface area contributed by atoms with Gasteiger partial charge in [-0.1, -0.05) is 45.1 Å². The van der Waals surface area contributed by atoms with Crippen LogP contribution in [0.25, 0.3) is 0 Å². The maximum Gasteiger partial charge on any atom is 0.231 e. The molecule has 1 aromatic carbocycles. The molecule has 0 aliphatic carbocycles. The highest BCUT2D eigenvalue weighted by Gasteiger charge is 2.14. The van der Waals surface area contributed by atoms with E-state index in [1.807, 2.05) is 18.2 Å². The fraction of sp³-hybridized carbons (Fsp3) is 0.632. The highest BCUT2D eigenvalue weighted by Crippen LogP contribution is 2.32. The fourth-order valence-electron chi connectivity index (χ4n) is 2.83. The Balaban J connectivity index is 1.62. The van der Waals surface area contributed by atoms with E-state index in [0.717, 1.165) is 36.3 Å². The number of aliphatic hydroxyl groups excluding tert-OH is 1. The van der Waals surface area contributed by atoms with E-state index in [2.05, 4.69) is 6.92 Å². The molecule has 23 heavy (non-hydrogen) atoms. The van der Waals surface area contributed by atoms with Crippen molar-refractivity contribution in [1.29, 1.82) is 0 Å². The SMILES string of the molecule is CCCCCCCC(O)CC(=O)CCc1ccc2c(c1)OCO2. The minimum absolute atomic E-state index is 0.128. The van der Waals surface area contributed by atoms with Crippen LogP contribution in [0, 0.1) is 0 Å². The Bertz CT molecular complexity index is 498. The Hall–Kier alpha value is -1.55. The highest BCUT2D eigenvalue weighted by atomic mass is 16.7. The summed E-state index contributed by atoms with van der Waals surface area (Å²) in [5, 5.41) is 9.94. The molecule has 4 heteroatoms. The summed E-state index contributed by atoms with van der Waals surface area (Å²) in [7, 11) is 0. The van der Waals surface area contributed by atoms with Crippen LogP contribution in [0.4, 0.5) is 0 Å². The topological polar surface area (TPSA) is 55.8 Å². The molecule has 0 fully saturated rings. The summed E-state index contributed by atoms with van der Waals surface area (Å²) in [5.41, 5.74) is 1.07. The van der Waals surface area contributed by atoms with Crippen molar-refractivity contribution < 1.29 is 19.4 Å². The third-order valence-electron chi connectivity index (χ3n) is 4.23. The molecule has 1 aliphatic heterocycles. The van der Waals surface area contributed by atoms with Crippen LogP contribution in [-0.4, -0.2) is 23.8 Å². The summed E-state index contributed by atoms with van der Waals surface area (Å²) in [5.74, 6) is 1.64. The number of unbranched alkanes of at least 4 members (excludes halogenated alkanes) is 4. The lowest BCUT2D eigenvalue weighted by Crippen LogP contribution is -2.13. The molecule has 2 rings (SSSR count). The predicted molar refractivity (Wildman–Crippen MR) is 89.9 cm³/mol. The maximum absolute atomic E-state index is 12.0. The first kappa shape index (κ1) is 17.8. The summed E-state index contributed by atoms with van der Waals surface area (Å²) >= 11 is 0. The van der Waals surface area contributed by atoms with Crippen molar-refractivity contribution in [2.75, 3.05) is 6.79 Å². The molecule has 1 aliphatic rings. The third kappa shape index (κ3) is 6.22. The molecule has 0 saturated carbocycles. The number of carbonyl (C=O) groups is 1. The average Bonchev–Trinajstić information content (AvgIpc) is 3.00. The normalized spacial score (nSPS) is 14.0. The first-order chi connectivity index (χ1) is 11.2. The Morgan fingerprint density at radius 1 is 1.17 bits per heavy atom. The number of Topliss-reactive ketones (excluding diaryl/α,β-unsaturated/α-hetero) is 1. The Morgan fingerprint density at radius 2 is 1.96 bits per heavy atom. The number of aliphatic hydroxyl groups is 1. The molecule has 1 atom stereocenters. The van der Waals surface area contributed by atoms with Gasteiger partial charge in [-0.05, 0) is 30.5 Å². The number of benzene rings is 1. The van der Waals surface area contributed by atoms with Crippen LogP contribution < -0.4 is 9.47 Å². The lowest BCUT2D eigenvalue weighted by molar-refractivity contribution is -0.121. The number of ether oxygens (including phenoxy) is 2. The van der Waals surface area contributed by atoms with Crippen molar-refractivity contribution in [3.8, 4) is 11.5 Å². The van der Waals surface area contributed by atoms with E-state index >= 15 is 0 Å². The van der Waals surface area contributed by atoms with Gasteiger partial charge in [0.25, 0.3) is 0 Å². The Labute approximate surface area is 138 Å². The van der Waals surface area contributed by atoms with Crippen LogP contribution in [0.1, 0.15) is 63.9 Å². The number of rotatable bonds is 11. The van der Waals surface area contributed by atoms with E-state index in [-0.39, 0.29) is 19.0 Å². The smallest absolute Gasteiger partial charge is 0.231 e. The lowest BCUT2D eigenvalue weighted by Gasteiger charge is -2.10. The van der Waals surface area contributed by atoms with Crippen LogP contribution in [0.2, 0.25) is 0 Å². The molecule has 1 N–H and O–H groups in total. The van der Waals surface area contributed by atoms with E-state index in [9.17, 15) is 9.90 Å². The molecular formula is C19H28O4. The number of ketones is 1. The second kappa shape index (κ2) is 9.56. The highest BCUT2D eigenvalue weighted by molar-refractivity contribution is 5.79. The molecule has 0 radical (unpaired) electrons. The van der Waals surface area contributed by atoms with E-state index < -0.39 is 6.10 Å². The maximum atomic E-state index is 12.0. The van der Waals surface area contributed by atoms with Gasteiger partial charge < -0.3 is 14.6 Å². The summed E-state index contributed by atoms with van der Waals surface area (Å²) < 4.78 is 10.6. The standard InChI is InChI=1S/C19H28O4/c1-2-3-4-5-6-7-16(20)13-17(21)10-8-15-9-11-18-19(12-15)23-14-22-18/h9,11-12,16,20H,2-8,10,13-14H2,1H3. The number of fused-ring (bicyclic) bond motifs is 1. The Kier molecular flexibility index (Phi) is 7.40. The van der Waals surface area contributed by atoms with Gasteiger partial charge in [-0.2, -0.15) is 0 Å². The molecule has 4 nitrogen and oxygen atoms in total. The largest absolute Gasteiger partial charge is 0.454 e. The number of carbonyl (C=O) groups excluding carboxylic acids is 1. The van der Waals surface area contributed by atoms with E-state index in [0.29, 0.717) is 12.8 Å². The van der Waals surface area contributed by atoms with Gasteiger partial charge in [0.15, 0.2) is 11.5 Å². The molecule has 0 amide bonds. The second-order valence-corrected chi connectivity index (χ2v) is 6.29. The van der Waals surface area contributed by atoms with Crippen LogP contribution >= 0.6 is 0 Å². The van der Waals surface area contributed by atoms with Gasteiger partial charge in [-0.3, -0.25) is 4.79 Å². The minimum Gasteiger partial charge on any atom is -0.454 e. The molecule has 0 spiro atoms. The van der Waals surface area contributed by atoms with E-state index in [1.54, 1.807) is 0 Å². The van der Waals surface area contributed by atoms with Gasteiger partial charge >= 0.3 is 0 Å². The van der Waals surface area contributed by atoms with Crippen molar-refractivity contribution in [3.05, 3.63) is 23.8 Å². The zero-order chi connectivity index (χ0) is 16.5. The van der Waals surface area contributed by atoms with Gasteiger partial charge in [0.1, 0.15) is 5.78 Å². The van der Waals surface area contributed by atoms with E-state index in [4.69, 9.17) is 9.47 Å². The van der Waals surface area contributed by atoms with Crippen LogP contribution in [-0.2, 0) is 11.2 Å². The second-order valence-electron chi connectivity index (χ2n) is 6.29. The molecular weight excluding hydrogens is 292 g/mol. The molecule has 1 unspecified atom stereocenters. The number of hydrogen-bond acceptors (Lipinski definition) is 4. The summed E-state index contributed by atoms with van der Waals surface area (Å²) in [6, 6.07) is 5.78. The van der Waals surface area contributed by atoms with Gasteiger partial charge in [-0.15, -0.1) is 0 Å². The van der Waals surface area contributed by atoms with Crippen LogP contribution in [0.5, 0.6) is 11.5 Å². The van der Waals surface area contributed by atoms with Crippen molar-refractivity contribution in [1.82, 2.24) is 0 Å². The zero-order valence-electron chi connectivity index (χ0n) is 14.1. The minimum atomic E-state index is -0.485. The average molecular weight is 320 g/mol. The van der Waals surface area contributed by atoms with Crippen molar-refractivity contribution in [2.45, 2.75) is 70.8 Å². The summed E-state index contributed by atoms with van der Waals surface area (Å²) in [6.45, 7) is 2.45. The zero-order valence-corrected chi connectivity index (χ0v) is 14.1. The van der Waals surface area contributed by atoms with Gasteiger partial charge in [0.05, 0.1) is 6.10 Å². The van der Waals surface area contributed by atoms with Crippen molar-refractivity contribution >= 4 is 5.78 Å². The summed E-state index contributed by atoms with van der Waals surface area (Å²) in [4.78, 5) is 12.0. The monoisotopic (exact) mass is 320 g/mol. The summed E-state index contributed by atoms with van der Waals surface area (Å²) in [6.07, 6.45) is 7.53. The molecule has 128 valence electrons. The van der Waals surface area contributed by atoms with Crippen LogP contribution in [0.15, 0.2) is 18.2 Å². The molecule has 1 aromatic rings. The van der Waals surface area contributed by atoms with Crippen LogP contribution in [0.3, 0.4) is 0 Å². The number of hydrogen-bond donors (Lipinski definition) is 1. The molecule has 0 bridgehead atoms. The predicted octanol–water partition coefficient (Wildman–Crippen LogP) is 4.03. The molecule has 1 heterocycles. The van der Waals surface area contributed by atoms with E-state index in [1.165, 1.54) is 19.3 Å².